The minimum absolute atomic E-state index is 0.0458. The van der Waals surface area contributed by atoms with Crippen LogP contribution in [0.2, 0.25) is 0 Å². The summed E-state index contributed by atoms with van der Waals surface area (Å²) in [5.41, 5.74) is 0. The van der Waals surface area contributed by atoms with Gasteiger partial charge < -0.3 is 10.0 Å². The second-order valence-corrected chi connectivity index (χ2v) is 3.60. The summed E-state index contributed by atoms with van der Waals surface area (Å²) in [4.78, 5) is 2.31. The molecule has 0 aromatic carbocycles. The van der Waals surface area contributed by atoms with Crippen molar-refractivity contribution < 1.29 is 5.11 Å². The van der Waals surface area contributed by atoms with Crippen LogP contribution >= 0.6 is 0 Å². The number of hydrogen-bond acceptors (Lipinski definition) is 2. The Kier molecular flexibility index (Phi) is 3.87. The SMILES string of the molecule is CN1CCCCCC(O)CC1. The Morgan fingerprint density at radius 3 is 2.73 bits per heavy atom. The van der Waals surface area contributed by atoms with Gasteiger partial charge in [-0.05, 0) is 32.9 Å². The van der Waals surface area contributed by atoms with Gasteiger partial charge in [-0.25, -0.2) is 0 Å². The summed E-state index contributed by atoms with van der Waals surface area (Å²) < 4.78 is 0. The van der Waals surface area contributed by atoms with Crippen LogP contribution in [0, 0.1) is 0 Å². The van der Waals surface area contributed by atoms with E-state index in [1.54, 1.807) is 0 Å². The molecule has 1 fully saturated rings. The average Bonchev–Trinajstić information content (AvgIpc) is 2.06. The van der Waals surface area contributed by atoms with E-state index >= 15 is 0 Å². The van der Waals surface area contributed by atoms with Crippen molar-refractivity contribution in [2.45, 2.75) is 38.2 Å². The summed E-state index contributed by atoms with van der Waals surface area (Å²) in [6, 6.07) is 0. The second kappa shape index (κ2) is 4.73. The predicted octanol–water partition coefficient (Wildman–Crippen LogP) is 1.24. The van der Waals surface area contributed by atoms with Gasteiger partial charge in [-0.1, -0.05) is 12.8 Å². The van der Waals surface area contributed by atoms with E-state index in [2.05, 4.69) is 11.9 Å². The van der Waals surface area contributed by atoms with Crippen molar-refractivity contribution in [2.24, 2.45) is 0 Å². The van der Waals surface area contributed by atoms with E-state index in [1.807, 2.05) is 0 Å². The van der Waals surface area contributed by atoms with E-state index in [4.69, 9.17) is 0 Å². The molecule has 0 spiro atoms. The molecule has 0 amide bonds. The molecule has 0 radical (unpaired) electrons. The molecular weight excluding hydrogens is 138 g/mol. The highest BCUT2D eigenvalue weighted by molar-refractivity contribution is 4.63. The fourth-order valence-corrected chi connectivity index (χ4v) is 1.56. The number of aliphatic hydroxyl groups excluding tert-OH is 1. The first-order valence-electron chi connectivity index (χ1n) is 4.65. The molecule has 66 valence electrons. The van der Waals surface area contributed by atoms with Gasteiger partial charge in [0.05, 0.1) is 6.10 Å². The minimum Gasteiger partial charge on any atom is -0.393 e. The third kappa shape index (κ3) is 3.73. The fourth-order valence-electron chi connectivity index (χ4n) is 1.56. The summed E-state index contributed by atoms with van der Waals surface area (Å²) in [6.45, 7) is 2.26. The quantitative estimate of drug-likeness (QED) is 0.572. The van der Waals surface area contributed by atoms with Gasteiger partial charge in [0.1, 0.15) is 0 Å². The molecule has 1 heterocycles. The van der Waals surface area contributed by atoms with E-state index < -0.39 is 0 Å². The zero-order chi connectivity index (χ0) is 8.10. The number of nitrogens with zero attached hydrogens (tertiary/aromatic N) is 1. The maximum absolute atomic E-state index is 9.43. The normalized spacial score (nSPS) is 30.5. The molecule has 0 saturated carbocycles. The van der Waals surface area contributed by atoms with Crippen LogP contribution in [0.4, 0.5) is 0 Å². The Morgan fingerprint density at radius 1 is 1.09 bits per heavy atom. The first-order chi connectivity index (χ1) is 5.29. The summed E-state index contributed by atoms with van der Waals surface area (Å²) in [5.74, 6) is 0. The molecule has 1 aliphatic heterocycles. The predicted molar refractivity (Wildman–Crippen MR) is 46.6 cm³/mol. The van der Waals surface area contributed by atoms with Crippen molar-refractivity contribution in [1.82, 2.24) is 4.90 Å². The van der Waals surface area contributed by atoms with Crippen LogP contribution in [-0.2, 0) is 0 Å². The van der Waals surface area contributed by atoms with E-state index in [0.717, 1.165) is 19.4 Å². The molecule has 1 rings (SSSR count). The van der Waals surface area contributed by atoms with Gasteiger partial charge in [0.25, 0.3) is 0 Å². The lowest BCUT2D eigenvalue weighted by atomic mass is 10.1. The lowest BCUT2D eigenvalue weighted by Gasteiger charge is -2.15. The van der Waals surface area contributed by atoms with Crippen molar-refractivity contribution in [3.8, 4) is 0 Å². The molecule has 2 heteroatoms. The lowest BCUT2D eigenvalue weighted by molar-refractivity contribution is 0.142. The standard InChI is InChI=1S/C9H19NO/c1-10-7-4-2-3-5-9(11)6-8-10/h9,11H,2-8H2,1H3. The maximum atomic E-state index is 9.43. The van der Waals surface area contributed by atoms with Gasteiger partial charge in [0.15, 0.2) is 0 Å². The van der Waals surface area contributed by atoms with Crippen LogP contribution in [0.25, 0.3) is 0 Å². The molecule has 0 aliphatic carbocycles. The Morgan fingerprint density at radius 2 is 1.91 bits per heavy atom. The Balaban J connectivity index is 2.25. The average molecular weight is 157 g/mol. The molecule has 0 bridgehead atoms. The van der Waals surface area contributed by atoms with Crippen LogP contribution in [0.3, 0.4) is 0 Å². The van der Waals surface area contributed by atoms with Crippen molar-refractivity contribution >= 4 is 0 Å². The topological polar surface area (TPSA) is 23.5 Å². The van der Waals surface area contributed by atoms with E-state index in [-0.39, 0.29) is 6.10 Å². The third-order valence-electron chi connectivity index (χ3n) is 2.42. The molecule has 11 heavy (non-hydrogen) atoms. The molecule has 1 unspecified atom stereocenters. The summed E-state index contributed by atoms with van der Waals surface area (Å²) >= 11 is 0. The Labute approximate surface area is 69.2 Å². The second-order valence-electron chi connectivity index (χ2n) is 3.60. The highest BCUT2D eigenvalue weighted by atomic mass is 16.3. The van der Waals surface area contributed by atoms with Crippen molar-refractivity contribution in [2.75, 3.05) is 20.1 Å². The van der Waals surface area contributed by atoms with Gasteiger partial charge in [0.2, 0.25) is 0 Å². The van der Waals surface area contributed by atoms with Crippen molar-refractivity contribution in [3.63, 3.8) is 0 Å². The van der Waals surface area contributed by atoms with Crippen LogP contribution in [0.1, 0.15) is 32.1 Å². The van der Waals surface area contributed by atoms with Gasteiger partial charge >= 0.3 is 0 Å². The monoisotopic (exact) mass is 157 g/mol. The first-order valence-corrected chi connectivity index (χ1v) is 4.65. The van der Waals surface area contributed by atoms with Crippen molar-refractivity contribution in [1.29, 1.82) is 0 Å². The van der Waals surface area contributed by atoms with Crippen LogP contribution in [0.5, 0.6) is 0 Å². The zero-order valence-corrected chi connectivity index (χ0v) is 7.42. The van der Waals surface area contributed by atoms with E-state index in [0.29, 0.717) is 0 Å². The smallest absolute Gasteiger partial charge is 0.0552 e. The van der Waals surface area contributed by atoms with Gasteiger partial charge in [-0.15, -0.1) is 0 Å². The van der Waals surface area contributed by atoms with Crippen LogP contribution in [-0.4, -0.2) is 36.2 Å². The minimum atomic E-state index is -0.0458. The molecule has 1 N–H and O–H groups in total. The molecule has 1 aliphatic rings. The lowest BCUT2D eigenvalue weighted by Crippen LogP contribution is -2.23. The molecule has 0 aromatic heterocycles. The third-order valence-corrected chi connectivity index (χ3v) is 2.42. The van der Waals surface area contributed by atoms with Crippen LogP contribution < -0.4 is 0 Å². The summed E-state index contributed by atoms with van der Waals surface area (Å²) in [6.07, 6.45) is 5.69. The molecule has 1 atom stereocenters. The largest absolute Gasteiger partial charge is 0.393 e. The molecular formula is C9H19NO. The first kappa shape index (κ1) is 9.01. The summed E-state index contributed by atoms with van der Waals surface area (Å²) in [5, 5.41) is 9.43. The molecule has 2 nitrogen and oxygen atoms in total. The van der Waals surface area contributed by atoms with E-state index in [1.165, 1.54) is 25.8 Å². The maximum Gasteiger partial charge on any atom is 0.0552 e. The Hall–Kier alpha value is -0.0800. The number of hydrogen-bond donors (Lipinski definition) is 1. The van der Waals surface area contributed by atoms with Gasteiger partial charge in [-0.2, -0.15) is 0 Å². The highest BCUT2D eigenvalue weighted by Gasteiger charge is 2.08. The van der Waals surface area contributed by atoms with Crippen molar-refractivity contribution in [3.05, 3.63) is 0 Å². The molecule has 0 aromatic rings. The van der Waals surface area contributed by atoms with Gasteiger partial charge in [0, 0.05) is 6.54 Å². The number of rotatable bonds is 0. The zero-order valence-electron chi connectivity index (χ0n) is 7.42. The van der Waals surface area contributed by atoms with E-state index in [9.17, 15) is 5.11 Å². The Bertz CT molecular complexity index is 93.7. The van der Waals surface area contributed by atoms with Crippen LogP contribution in [0.15, 0.2) is 0 Å². The fraction of sp³-hybridized carbons (Fsp3) is 1.00. The summed E-state index contributed by atoms with van der Waals surface area (Å²) in [7, 11) is 2.14. The molecule has 1 saturated heterocycles. The highest BCUT2D eigenvalue weighted by Crippen LogP contribution is 2.10. The van der Waals surface area contributed by atoms with Gasteiger partial charge in [-0.3, -0.25) is 0 Å². The number of aliphatic hydroxyl groups is 1.